The molecule has 3 aromatic heterocycles. The molecule has 0 saturated heterocycles. The number of carbonyl (C=O) groups is 1. The summed E-state index contributed by atoms with van der Waals surface area (Å²) in [6.45, 7) is 1.08. The van der Waals surface area contributed by atoms with Gasteiger partial charge in [0.2, 0.25) is 0 Å². The topological polar surface area (TPSA) is 91.8 Å². The molecule has 3 heterocycles. The van der Waals surface area contributed by atoms with E-state index in [1.165, 1.54) is 11.3 Å². The third-order valence-electron chi connectivity index (χ3n) is 3.10. The van der Waals surface area contributed by atoms with Crippen molar-refractivity contribution in [2.75, 3.05) is 23.7 Å². The molecule has 0 aliphatic carbocycles. The van der Waals surface area contributed by atoms with Crippen molar-refractivity contribution in [3.05, 3.63) is 59.0 Å². The number of pyridine rings is 1. The van der Waals surface area contributed by atoms with E-state index in [0.717, 1.165) is 5.69 Å². The highest BCUT2D eigenvalue weighted by Gasteiger charge is 2.04. The SMILES string of the molecule is O=C(NCCNc1ccc(Nc2cccnc2)nn1)c1ccsc1. The molecular formula is C16H16N6OS. The number of amides is 1. The Morgan fingerprint density at radius 3 is 2.67 bits per heavy atom. The maximum absolute atomic E-state index is 11.8. The lowest BCUT2D eigenvalue weighted by atomic mass is 10.3. The third-order valence-corrected chi connectivity index (χ3v) is 3.78. The fraction of sp³-hybridized carbons (Fsp3) is 0.125. The Hall–Kier alpha value is -3.00. The molecule has 0 aliphatic heterocycles. The molecule has 0 spiro atoms. The van der Waals surface area contributed by atoms with Gasteiger partial charge in [-0.05, 0) is 35.7 Å². The van der Waals surface area contributed by atoms with Gasteiger partial charge in [0.1, 0.15) is 5.82 Å². The van der Waals surface area contributed by atoms with Crippen LogP contribution in [0.2, 0.25) is 0 Å². The molecule has 0 atom stereocenters. The van der Waals surface area contributed by atoms with Gasteiger partial charge in [0.05, 0.1) is 11.9 Å². The van der Waals surface area contributed by atoms with Crippen molar-refractivity contribution in [1.82, 2.24) is 20.5 Å². The van der Waals surface area contributed by atoms with E-state index in [1.54, 1.807) is 18.5 Å². The molecule has 0 bridgehead atoms. The minimum Gasteiger partial charge on any atom is -0.367 e. The predicted octanol–water partition coefficient (Wildman–Crippen LogP) is 2.52. The number of aromatic nitrogens is 3. The normalized spacial score (nSPS) is 10.2. The number of rotatable bonds is 7. The Morgan fingerprint density at radius 2 is 1.96 bits per heavy atom. The monoisotopic (exact) mass is 340 g/mol. The van der Waals surface area contributed by atoms with Gasteiger partial charge in [0.15, 0.2) is 5.82 Å². The molecule has 1 amide bonds. The average molecular weight is 340 g/mol. The quantitative estimate of drug-likeness (QED) is 0.573. The first-order valence-corrected chi connectivity index (χ1v) is 8.30. The van der Waals surface area contributed by atoms with Gasteiger partial charge < -0.3 is 16.0 Å². The van der Waals surface area contributed by atoms with Crippen molar-refractivity contribution in [3.63, 3.8) is 0 Å². The van der Waals surface area contributed by atoms with Gasteiger partial charge in [-0.2, -0.15) is 11.3 Å². The van der Waals surface area contributed by atoms with Crippen LogP contribution in [0.1, 0.15) is 10.4 Å². The number of hydrogen-bond acceptors (Lipinski definition) is 7. The van der Waals surface area contributed by atoms with Crippen LogP contribution < -0.4 is 16.0 Å². The molecule has 0 radical (unpaired) electrons. The lowest BCUT2D eigenvalue weighted by Crippen LogP contribution is -2.28. The molecule has 0 aliphatic rings. The summed E-state index contributed by atoms with van der Waals surface area (Å²) in [6.07, 6.45) is 3.42. The van der Waals surface area contributed by atoms with E-state index in [-0.39, 0.29) is 5.91 Å². The van der Waals surface area contributed by atoms with Crippen LogP contribution in [0.15, 0.2) is 53.5 Å². The van der Waals surface area contributed by atoms with E-state index >= 15 is 0 Å². The summed E-state index contributed by atoms with van der Waals surface area (Å²) in [7, 11) is 0. The van der Waals surface area contributed by atoms with E-state index in [1.807, 2.05) is 35.0 Å². The third kappa shape index (κ3) is 4.50. The Bertz CT molecular complexity index is 761. The summed E-state index contributed by atoms with van der Waals surface area (Å²) in [6, 6.07) is 9.19. The Balaban J connectivity index is 1.42. The van der Waals surface area contributed by atoms with Crippen molar-refractivity contribution >= 4 is 34.6 Å². The van der Waals surface area contributed by atoms with Crippen LogP contribution in [0.3, 0.4) is 0 Å². The van der Waals surface area contributed by atoms with E-state index < -0.39 is 0 Å². The zero-order valence-corrected chi connectivity index (χ0v) is 13.6. The number of nitrogens with zero attached hydrogens (tertiary/aromatic N) is 3. The van der Waals surface area contributed by atoms with Crippen molar-refractivity contribution in [2.45, 2.75) is 0 Å². The molecule has 3 rings (SSSR count). The zero-order valence-electron chi connectivity index (χ0n) is 12.8. The van der Waals surface area contributed by atoms with Gasteiger partial charge in [0.25, 0.3) is 5.91 Å². The molecule has 24 heavy (non-hydrogen) atoms. The number of thiophene rings is 1. The van der Waals surface area contributed by atoms with Crippen LogP contribution in [0, 0.1) is 0 Å². The first-order valence-electron chi connectivity index (χ1n) is 7.36. The summed E-state index contributed by atoms with van der Waals surface area (Å²) in [5.74, 6) is 1.22. The summed E-state index contributed by atoms with van der Waals surface area (Å²) in [5.41, 5.74) is 1.54. The van der Waals surface area contributed by atoms with Gasteiger partial charge >= 0.3 is 0 Å². The van der Waals surface area contributed by atoms with Crippen molar-refractivity contribution in [3.8, 4) is 0 Å². The first-order chi connectivity index (χ1) is 11.8. The lowest BCUT2D eigenvalue weighted by Gasteiger charge is -2.08. The van der Waals surface area contributed by atoms with E-state index in [2.05, 4.69) is 31.1 Å². The molecular weight excluding hydrogens is 324 g/mol. The number of carbonyl (C=O) groups excluding carboxylic acids is 1. The predicted molar refractivity (Wildman–Crippen MR) is 94.7 cm³/mol. The molecule has 3 aromatic rings. The smallest absolute Gasteiger partial charge is 0.252 e. The van der Waals surface area contributed by atoms with Gasteiger partial charge in [-0.3, -0.25) is 9.78 Å². The summed E-state index contributed by atoms with van der Waals surface area (Å²) in [4.78, 5) is 15.8. The molecule has 7 nitrogen and oxygen atoms in total. The van der Waals surface area contributed by atoms with Crippen LogP contribution >= 0.6 is 11.3 Å². The molecule has 8 heteroatoms. The second-order valence-electron chi connectivity index (χ2n) is 4.87. The minimum atomic E-state index is -0.0693. The standard InChI is InChI=1S/C16H16N6OS/c23-16(12-5-9-24-11-12)19-8-7-18-14-3-4-15(22-21-14)20-13-2-1-6-17-10-13/h1-6,9-11H,7-8H2,(H,18,21)(H,19,23)(H,20,22). The molecule has 0 unspecified atom stereocenters. The number of nitrogens with one attached hydrogen (secondary N) is 3. The summed E-state index contributed by atoms with van der Waals surface area (Å²) < 4.78 is 0. The first kappa shape index (κ1) is 15.9. The maximum Gasteiger partial charge on any atom is 0.252 e. The van der Waals surface area contributed by atoms with Gasteiger partial charge in [0, 0.05) is 30.2 Å². The van der Waals surface area contributed by atoms with Crippen LogP contribution in [-0.2, 0) is 0 Å². The van der Waals surface area contributed by atoms with Crippen LogP contribution in [-0.4, -0.2) is 34.2 Å². The Kier molecular flexibility index (Phi) is 5.31. The highest BCUT2D eigenvalue weighted by molar-refractivity contribution is 7.08. The fourth-order valence-electron chi connectivity index (χ4n) is 1.94. The van der Waals surface area contributed by atoms with Gasteiger partial charge in [-0.15, -0.1) is 10.2 Å². The fourth-order valence-corrected chi connectivity index (χ4v) is 2.58. The zero-order chi connectivity index (χ0) is 16.6. The second-order valence-corrected chi connectivity index (χ2v) is 5.65. The highest BCUT2D eigenvalue weighted by Crippen LogP contribution is 2.12. The molecule has 122 valence electrons. The molecule has 0 fully saturated rings. The van der Waals surface area contributed by atoms with Gasteiger partial charge in [-0.25, -0.2) is 0 Å². The Labute approximate surface area is 143 Å². The Morgan fingerprint density at radius 1 is 1.08 bits per heavy atom. The van der Waals surface area contributed by atoms with Crippen LogP contribution in [0.25, 0.3) is 0 Å². The summed E-state index contributed by atoms with van der Waals surface area (Å²) >= 11 is 1.50. The molecule has 0 saturated carbocycles. The van der Waals surface area contributed by atoms with Crippen molar-refractivity contribution in [2.24, 2.45) is 0 Å². The molecule has 0 aromatic carbocycles. The minimum absolute atomic E-state index is 0.0693. The van der Waals surface area contributed by atoms with E-state index in [4.69, 9.17) is 0 Å². The van der Waals surface area contributed by atoms with E-state index in [9.17, 15) is 4.79 Å². The number of anilines is 3. The highest BCUT2D eigenvalue weighted by atomic mass is 32.1. The average Bonchev–Trinajstić information content (AvgIpc) is 3.16. The van der Waals surface area contributed by atoms with Crippen molar-refractivity contribution < 1.29 is 4.79 Å². The van der Waals surface area contributed by atoms with Crippen LogP contribution in [0.5, 0.6) is 0 Å². The van der Waals surface area contributed by atoms with Crippen LogP contribution in [0.4, 0.5) is 17.3 Å². The molecule has 3 N–H and O–H groups in total. The second kappa shape index (κ2) is 8.02. The van der Waals surface area contributed by atoms with Crippen molar-refractivity contribution in [1.29, 1.82) is 0 Å². The van der Waals surface area contributed by atoms with E-state index in [0.29, 0.717) is 30.3 Å². The largest absolute Gasteiger partial charge is 0.367 e. The number of hydrogen-bond donors (Lipinski definition) is 3. The van der Waals surface area contributed by atoms with Gasteiger partial charge in [-0.1, -0.05) is 0 Å². The maximum atomic E-state index is 11.8. The summed E-state index contributed by atoms with van der Waals surface area (Å²) in [5, 5.41) is 20.9. The lowest BCUT2D eigenvalue weighted by molar-refractivity contribution is 0.0955.